The number of amides is 2. The van der Waals surface area contributed by atoms with Crippen molar-refractivity contribution in [3.63, 3.8) is 0 Å². The van der Waals surface area contributed by atoms with E-state index in [-0.39, 0.29) is 24.6 Å². The summed E-state index contributed by atoms with van der Waals surface area (Å²) in [5.41, 5.74) is 5.82. The largest absolute Gasteiger partial charge is 0.390 e. The maximum absolute atomic E-state index is 13.7. The Labute approximate surface area is 205 Å². The van der Waals surface area contributed by atoms with Gasteiger partial charge in [-0.25, -0.2) is 14.4 Å². The highest BCUT2D eigenvalue weighted by atomic mass is 35.5. The highest BCUT2D eigenvalue weighted by Gasteiger charge is 2.43. The zero-order valence-corrected chi connectivity index (χ0v) is 19.5. The van der Waals surface area contributed by atoms with Crippen LogP contribution in [0.4, 0.5) is 4.39 Å². The summed E-state index contributed by atoms with van der Waals surface area (Å²) < 4.78 is 15.4. The molecular formula is C24H23ClFN5O4. The number of nitrogens with two attached hydrogens (primary N) is 1. The van der Waals surface area contributed by atoms with Crippen LogP contribution in [0.3, 0.4) is 0 Å². The van der Waals surface area contributed by atoms with Crippen molar-refractivity contribution in [3.05, 3.63) is 58.9 Å². The van der Waals surface area contributed by atoms with Crippen LogP contribution in [0.1, 0.15) is 35.3 Å². The van der Waals surface area contributed by atoms with Crippen LogP contribution in [0.2, 0.25) is 5.15 Å². The number of carbonyl (C=O) groups is 2. The van der Waals surface area contributed by atoms with Crippen molar-refractivity contribution >= 4 is 34.4 Å². The van der Waals surface area contributed by atoms with Crippen LogP contribution in [0, 0.1) is 23.6 Å². The minimum atomic E-state index is -1.07. The Balaban J connectivity index is 1.48. The van der Waals surface area contributed by atoms with E-state index in [4.69, 9.17) is 17.3 Å². The molecule has 0 unspecified atom stereocenters. The second kappa shape index (κ2) is 10.00. The molecule has 0 aliphatic heterocycles. The molecule has 4 atom stereocenters. The third-order valence-corrected chi connectivity index (χ3v) is 6.53. The molecule has 1 fully saturated rings. The molecule has 3 aromatic rings. The second-order valence-electron chi connectivity index (χ2n) is 8.43. The second-order valence-corrected chi connectivity index (χ2v) is 8.79. The van der Waals surface area contributed by atoms with E-state index in [0.717, 1.165) is 6.07 Å². The highest BCUT2D eigenvalue weighted by molar-refractivity contribution is 6.33. The molecule has 1 saturated carbocycles. The van der Waals surface area contributed by atoms with E-state index < -0.39 is 35.9 Å². The van der Waals surface area contributed by atoms with Crippen molar-refractivity contribution in [2.75, 3.05) is 13.1 Å². The zero-order valence-electron chi connectivity index (χ0n) is 18.7. The lowest BCUT2D eigenvalue weighted by molar-refractivity contribution is -0.129. The first kappa shape index (κ1) is 24.6. The molecule has 2 amide bonds. The van der Waals surface area contributed by atoms with Gasteiger partial charge in [0.1, 0.15) is 29.0 Å². The van der Waals surface area contributed by atoms with Crippen LogP contribution in [0.15, 0.2) is 36.8 Å². The van der Waals surface area contributed by atoms with Gasteiger partial charge in [-0.15, -0.1) is 0 Å². The summed E-state index contributed by atoms with van der Waals surface area (Å²) in [7, 11) is 0. The molecule has 0 radical (unpaired) electrons. The van der Waals surface area contributed by atoms with Crippen molar-refractivity contribution in [1.82, 2.24) is 19.4 Å². The van der Waals surface area contributed by atoms with Gasteiger partial charge in [-0.1, -0.05) is 23.4 Å². The number of primary amides is 1. The lowest BCUT2D eigenvalue weighted by Crippen LogP contribution is -2.38. The first-order valence-corrected chi connectivity index (χ1v) is 11.2. The minimum absolute atomic E-state index is 0.0396. The first-order chi connectivity index (χ1) is 16.7. The van der Waals surface area contributed by atoms with Crippen LogP contribution in [-0.4, -0.2) is 66.8 Å². The molecule has 182 valence electrons. The number of carbonyl (C=O) groups excluding carboxylic acids is 2. The van der Waals surface area contributed by atoms with Gasteiger partial charge in [-0.2, -0.15) is 0 Å². The maximum atomic E-state index is 13.7. The predicted molar refractivity (Wildman–Crippen MR) is 126 cm³/mol. The molecule has 0 bridgehead atoms. The van der Waals surface area contributed by atoms with Gasteiger partial charge in [0.15, 0.2) is 0 Å². The van der Waals surface area contributed by atoms with E-state index >= 15 is 0 Å². The third kappa shape index (κ3) is 4.98. The third-order valence-electron chi connectivity index (χ3n) is 6.22. The van der Waals surface area contributed by atoms with Gasteiger partial charge in [0, 0.05) is 31.1 Å². The fourth-order valence-corrected chi connectivity index (χ4v) is 4.57. The molecule has 4 rings (SSSR count). The number of aliphatic hydroxyl groups is 2. The Bertz CT molecular complexity index is 1350. The van der Waals surface area contributed by atoms with Crippen molar-refractivity contribution < 1.29 is 24.2 Å². The number of halogens is 2. The molecule has 1 aromatic carbocycles. The summed E-state index contributed by atoms with van der Waals surface area (Å²) in [6.45, 7) is 1.60. The Morgan fingerprint density at radius 3 is 2.77 bits per heavy atom. The van der Waals surface area contributed by atoms with E-state index in [1.807, 2.05) is 0 Å². The fraction of sp³-hybridized carbons (Fsp3) is 0.333. The van der Waals surface area contributed by atoms with E-state index in [9.17, 15) is 24.2 Å². The van der Waals surface area contributed by atoms with Crippen LogP contribution in [0.5, 0.6) is 0 Å². The average Bonchev–Trinajstić information content (AvgIpc) is 3.36. The van der Waals surface area contributed by atoms with Crippen molar-refractivity contribution in [2.24, 2.45) is 11.7 Å². The maximum Gasteiger partial charge on any atom is 0.251 e. The number of hydrogen-bond donors (Lipinski definition) is 3. The Hall–Kier alpha value is -3.52. The van der Waals surface area contributed by atoms with Gasteiger partial charge in [-0.3, -0.25) is 9.59 Å². The Morgan fingerprint density at radius 1 is 1.29 bits per heavy atom. The summed E-state index contributed by atoms with van der Waals surface area (Å²) >= 11 is 6.12. The molecule has 11 heteroatoms. The Kier molecular flexibility index (Phi) is 7.03. The highest BCUT2D eigenvalue weighted by Crippen LogP contribution is 2.38. The SMILES string of the molecule is CC(=O)N(CC#Cc1ccc(F)c(C(N)=O)c1)C[C@H]1C[C@@H](n2ccc3c(Cl)ncnc32)[C@H](O)[C@@H]1O. The van der Waals surface area contributed by atoms with Gasteiger partial charge in [0.05, 0.1) is 29.6 Å². The summed E-state index contributed by atoms with van der Waals surface area (Å²) in [4.78, 5) is 33.2. The molecule has 1 aliphatic carbocycles. The van der Waals surface area contributed by atoms with E-state index in [1.165, 1.54) is 30.3 Å². The molecule has 2 aromatic heterocycles. The topological polar surface area (TPSA) is 135 Å². The average molecular weight is 500 g/mol. The monoisotopic (exact) mass is 499 g/mol. The van der Waals surface area contributed by atoms with Crippen molar-refractivity contribution in [1.29, 1.82) is 0 Å². The van der Waals surface area contributed by atoms with Crippen LogP contribution >= 0.6 is 11.6 Å². The fourth-order valence-electron chi connectivity index (χ4n) is 4.38. The quantitative estimate of drug-likeness (QED) is 0.360. The number of nitrogens with zero attached hydrogens (tertiary/aromatic N) is 4. The smallest absolute Gasteiger partial charge is 0.251 e. The predicted octanol–water partition coefficient (Wildman–Crippen LogP) is 1.51. The number of aromatic nitrogens is 3. The van der Waals surface area contributed by atoms with Crippen LogP contribution in [0.25, 0.3) is 11.0 Å². The summed E-state index contributed by atoms with van der Waals surface area (Å²) in [5, 5.41) is 22.4. The zero-order chi connectivity index (χ0) is 25.3. The van der Waals surface area contributed by atoms with Crippen LogP contribution < -0.4 is 5.73 Å². The number of fused-ring (bicyclic) bond motifs is 1. The van der Waals surface area contributed by atoms with E-state index in [0.29, 0.717) is 28.2 Å². The molecule has 35 heavy (non-hydrogen) atoms. The molecular weight excluding hydrogens is 477 g/mol. The Morgan fingerprint density at radius 2 is 2.06 bits per heavy atom. The normalized spacial score (nSPS) is 21.5. The molecule has 1 aliphatic rings. The summed E-state index contributed by atoms with van der Waals surface area (Å²) in [5.74, 6) is 3.32. The summed E-state index contributed by atoms with van der Waals surface area (Å²) in [6.07, 6.45) is 1.33. The summed E-state index contributed by atoms with van der Waals surface area (Å²) in [6, 6.07) is 5.05. The lowest BCUT2D eigenvalue weighted by Gasteiger charge is -2.24. The van der Waals surface area contributed by atoms with Gasteiger partial charge in [0.25, 0.3) is 5.91 Å². The van der Waals surface area contributed by atoms with Gasteiger partial charge >= 0.3 is 0 Å². The number of hydrogen-bond acceptors (Lipinski definition) is 6. The molecule has 2 heterocycles. The van der Waals surface area contributed by atoms with Crippen LogP contribution in [-0.2, 0) is 4.79 Å². The van der Waals surface area contributed by atoms with Crippen molar-refractivity contribution in [3.8, 4) is 11.8 Å². The van der Waals surface area contributed by atoms with E-state index in [1.54, 1.807) is 16.8 Å². The van der Waals surface area contributed by atoms with Gasteiger partial charge in [0.2, 0.25) is 5.91 Å². The first-order valence-electron chi connectivity index (χ1n) is 10.8. The number of benzene rings is 1. The molecule has 0 saturated heterocycles. The lowest BCUT2D eigenvalue weighted by atomic mass is 10.0. The molecule has 0 spiro atoms. The minimum Gasteiger partial charge on any atom is -0.390 e. The number of aliphatic hydroxyl groups excluding tert-OH is 2. The van der Waals surface area contributed by atoms with Crippen molar-refractivity contribution in [2.45, 2.75) is 31.6 Å². The molecule has 4 N–H and O–H groups in total. The molecule has 9 nitrogen and oxygen atoms in total. The van der Waals surface area contributed by atoms with Gasteiger partial charge < -0.3 is 25.4 Å². The van der Waals surface area contributed by atoms with E-state index in [2.05, 4.69) is 21.8 Å². The van der Waals surface area contributed by atoms with Gasteiger partial charge in [-0.05, 0) is 30.7 Å². The number of rotatable bonds is 5. The standard InChI is InChI=1S/C24H23ClFN5O4/c1-13(32)30(7-2-3-14-4-5-18(26)17(9-14)23(27)35)11-15-10-19(21(34)20(15)33)31-8-6-16-22(25)28-12-29-24(16)31/h4-6,8-9,12,15,19-21,33-34H,7,10-11H2,1H3,(H2,27,35)/t15-,19-,20-,21+/m1/s1.